The summed E-state index contributed by atoms with van der Waals surface area (Å²) in [6.45, 7) is 8.39. The number of aryl methyl sites for hydroxylation is 1. The van der Waals surface area contributed by atoms with Gasteiger partial charge < -0.3 is 10.2 Å². The van der Waals surface area contributed by atoms with Crippen molar-refractivity contribution in [1.29, 1.82) is 0 Å². The lowest BCUT2D eigenvalue weighted by Gasteiger charge is -2.19. The molecule has 0 unspecified atom stereocenters. The molecule has 3 aromatic rings. The molecule has 0 spiro atoms. The first kappa shape index (κ1) is 17.6. The molecule has 3 aromatic heterocycles. The Kier molecular flexibility index (Phi) is 4.61. The van der Waals surface area contributed by atoms with Crippen molar-refractivity contribution in [3.8, 4) is 0 Å². The molecule has 1 aliphatic heterocycles. The van der Waals surface area contributed by atoms with E-state index in [-0.39, 0.29) is 5.91 Å². The van der Waals surface area contributed by atoms with Crippen LogP contribution in [0.1, 0.15) is 48.1 Å². The number of rotatable bonds is 4. The molecular formula is C20H24N6O. The van der Waals surface area contributed by atoms with Crippen LogP contribution in [0, 0.1) is 6.92 Å². The number of hydrogen-bond donors (Lipinski definition) is 1. The summed E-state index contributed by atoms with van der Waals surface area (Å²) in [5, 5.41) is 11.6. The van der Waals surface area contributed by atoms with Crippen LogP contribution in [0.25, 0.3) is 5.65 Å². The van der Waals surface area contributed by atoms with Gasteiger partial charge in [-0.25, -0.2) is 0 Å². The van der Waals surface area contributed by atoms with Gasteiger partial charge in [0.1, 0.15) is 5.82 Å². The fourth-order valence-corrected chi connectivity index (χ4v) is 3.53. The van der Waals surface area contributed by atoms with Gasteiger partial charge in [0.05, 0.1) is 17.4 Å². The quantitative estimate of drug-likeness (QED) is 0.770. The third-order valence-corrected chi connectivity index (χ3v) is 5.18. The standard InChI is InChI=1S/C20H24N6O/c1-13(2)25-9-8-15(11-25)19-24-23-18-7-5-16(12-26(18)19)20(27)22-17-6-4-14(3)21-10-17/h4-7,10,12-13,15H,8-9,11H2,1-3H3,(H,22,27)/t15-/m0/s1. The molecule has 1 N–H and O–H groups in total. The first-order valence-corrected chi connectivity index (χ1v) is 9.34. The molecule has 0 aliphatic carbocycles. The van der Waals surface area contributed by atoms with Crippen molar-refractivity contribution in [2.45, 2.75) is 39.2 Å². The fraction of sp³-hybridized carbons (Fsp3) is 0.400. The second kappa shape index (κ2) is 7.08. The minimum absolute atomic E-state index is 0.169. The monoisotopic (exact) mass is 364 g/mol. The van der Waals surface area contributed by atoms with Crippen LogP contribution in [0.5, 0.6) is 0 Å². The minimum atomic E-state index is -0.169. The van der Waals surface area contributed by atoms with Gasteiger partial charge in [-0.3, -0.25) is 14.2 Å². The van der Waals surface area contributed by atoms with E-state index in [0.29, 0.717) is 23.2 Å². The molecule has 4 heterocycles. The van der Waals surface area contributed by atoms with Crippen LogP contribution < -0.4 is 5.32 Å². The van der Waals surface area contributed by atoms with E-state index < -0.39 is 0 Å². The van der Waals surface area contributed by atoms with Crippen LogP contribution in [0.2, 0.25) is 0 Å². The summed E-state index contributed by atoms with van der Waals surface area (Å²) < 4.78 is 1.96. The predicted octanol–water partition coefficient (Wildman–Crippen LogP) is 2.88. The number of anilines is 1. The van der Waals surface area contributed by atoms with E-state index >= 15 is 0 Å². The topological polar surface area (TPSA) is 75.4 Å². The number of hydrogen-bond acceptors (Lipinski definition) is 5. The lowest BCUT2D eigenvalue weighted by molar-refractivity contribution is 0.102. The maximum Gasteiger partial charge on any atom is 0.257 e. The summed E-state index contributed by atoms with van der Waals surface area (Å²) in [7, 11) is 0. The smallest absolute Gasteiger partial charge is 0.257 e. The van der Waals surface area contributed by atoms with E-state index in [4.69, 9.17) is 0 Å². The van der Waals surface area contributed by atoms with E-state index in [1.807, 2.05) is 35.7 Å². The zero-order valence-corrected chi connectivity index (χ0v) is 15.9. The number of likely N-dealkylation sites (tertiary alicyclic amines) is 1. The van der Waals surface area contributed by atoms with Crippen molar-refractivity contribution < 1.29 is 4.79 Å². The number of amides is 1. The SMILES string of the molecule is Cc1ccc(NC(=O)c2ccc3nnc([C@H]4CCN(C(C)C)C4)n3c2)cn1. The molecule has 1 fully saturated rings. The maximum atomic E-state index is 12.6. The molecule has 0 radical (unpaired) electrons. The molecule has 7 nitrogen and oxygen atoms in total. The van der Waals surface area contributed by atoms with Gasteiger partial charge in [-0.15, -0.1) is 10.2 Å². The lowest BCUT2D eigenvalue weighted by Crippen LogP contribution is -2.28. The Hall–Kier alpha value is -2.80. The van der Waals surface area contributed by atoms with Gasteiger partial charge in [-0.2, -0.15) is 0 Å². The molecule has 1 atom stereocenters. The summed E-state index contributed by atoms with van der Waals surface area (Å²) in [5.41, 5.74) is 2.93. The van der Waals surface area contributed by atoms with Gasteiger partial charge in [0, 0.05) is 30.4 Å². The van der Waals surface area contributed by atoms with E-state index in [2.05, 4.69) is 39.2 Å². The van der Waals surface area contributed by atoms with Crippen LogP contribution in [-0.2, 0) is 0 Å². The molecule has 27 heavy (non-hydrogen) atoms. The number of carbonyl (C=O) groups is 1. The predicted molar refractivity (Wildman–Crippen MR) is 104 cm³/mol. The molecular weight excluding hydrogens is 340 g/mol. The zero-order valence-electron chi connectivity index (χ0n) is 15.9. The van der Waals surface area contributed by atoms with Crippen molar-refractivity contribution >= 4 is 17.2 Å². The summed E-state index contributed by atoms with van der Waals surface area (Å²) in [5.74, 6) is 1.10. The Morgan fingerprint density at radius 3 is 2.78 bits per heavy atom. The number of nitrogens with one attached hydrogen (secondary N) is 1. The van der Waals surface area contributed by atoms with E-state index in [0.717, 1.165) is 36.7 Å². The van der Waals surface area contributed by atoms with Crippen LogP contribution in [0.3, 0.4) is 0 Å². The Labute approximate surface area is 158 Å². The van der Waals surface area contributed by atoms with Crippen LogP contribution >= 0.6 is 0 Å². The molecule has 1 saturated heterocycles. The second-order valence-electron chi connectivity index (χ2n) is 7.42. The third kappa shape index (κ3) is 3.55. The van der Waals surface area contributed by atoms with E-state index in [1.54, 1.807) is 12.3 Å². The largest absolute Gasteiger partial charge is 0.321 e. The molecule has 0 aromatic carbocycles. The molecule has 140 valence electrons. The van der Waals surface area contributed by atoms with Gasteiger partial charge in [-0.05, 0) is 58.0 Å². The summed E-state index contributed by atoms with van der Waals surface area (Å²) in [6.07, 6.45) is 4.55. The highest BCUT2D eigenvalue weighted by atomic mass is 16.1. The van der Waals surface area contributed by atoms with Gasteiger partial charge in [0.15, 0.2) is 5.65 Å². The molecule has 7 heteroatoms. The minimum Gasteiger partial charge on any atom is -0.321 e. The summed E-state index contributed by atoms with van der Waals surface area (Å²) in [4.78, 5) is 19.3. The van der Waals surface area contributed by atoms with Crippen molar-refractivity contribution in [1.82, 2.24) is 24.5 Å². The number of nitrogens with zero attached hydrogens (tertiary/aromatic N) is 5. The third-order valence-electron chi connectivity index (χ3n) is 5.18. The number of carbonyl (C=O) groups excluding carboxylic acids is 1. The molecule has 4 rings (SSSR count). The summed E-state index contributed by atoms with van der Waals surface area (Å²) in [6, 6.07) is 7.87. The first-order chi connectivity index (χ1) is 13.0. The molecule has 0 bridgehead atoms. The first-order valence-electron chi connectivity index (χ1n) is 9.34. The molecule has 1 amide bonds. The van der Waals surface area contributed by atoms with Gasteiger partial charge in [0.2, 0.25) is 0 Å². The number of fused-ring (bicyclic) bond motifs is 1. The number of pyridine rings is 2. The van der Waals surface area contributed by atoms with Gasteiger partial charge >= 0.3 is 0 Å². The fourth-order valence-electron chi connectivity index (χ4n) is 3.53. The van der Waals surface area contributed by atoms with Crippen LogP contribution in [0.4, 0.5) is 5.69 Å². The van der Waals surface area contributed by atoms with Crippen molar-refractivity contribution in [3.63, 3.8) is 0 Å². The van der Waals surface area contributed by atoms with Gasteiger partial charge in [0.25, 0.3) is 5.91 Å². The molecule has 1 aliphatic rings. The highest BCUT2D eigenvalue weighted by Crippen LogP contribution is 2.27. The Morgan fingerprint density at radius 2 is 2.07 bits per heavy atom. The van der Waals surface area contributed by atoms with Crippen LogP contribution in [-0.4, -0.2) is 49.5 Å². The van der Waals surface area contributed by atoms with Gasteiger partial charge in [-0.1, -0.05) is 0 Å². The Balaban J connectivity index is 1.58. The van der Waals surface area contributed by atoms with E-state index in [9.17, 15) is 4.79 Å². The lowest BCUT2D eigenvalue weighted by atomic mass is 10.1. The Morgan fingerprint density at radius 1 is 1.22 bits per heavy atom. The van der Waals surface area contributed by atoms with Crippen molar-refractivity contribution in [3.05, 3.63) is 53.7 Å². The average Bonchev–Trinajstić information content (AvgIpc) is 3.29. The Bertz CT molecular complexity index is 962. The highest BCUT2D eigenvalue weighted by molar-refractivity contribution is 6.04. The van der Waals surface area contributed by atoms with Crippen molar-refractivity contribution in [2.75, 3.05) is 18.4 Å². The summed E-state index contributed by atoms with van der Waals surface area (Å²) >= 11 is 0. The second-order valence-corrected chi connectivity index (χ2v) is 7.42. The highest BCUT2D eigenvalue weighted by Gasteiger charge is 2.29. The van der Waals surface area contributed by atoms with Crippen LogP contribution in [0.15, 0.2) is 36.7 Å². The average molecular weight is 364 g/mol. The van der Waals surface area contributed by atoms with E-state index in [1.165, 1.54) is 0 Å². The zero-order chi connectivity index (χ0) is 19.0. The molecule has 0 saturated carbocycles. The number of aromatic nitrogens is 4. The normalized spacial score (nSPS) is 17.7. The maximum absolute atomic E-state index is 12.6. The van der Waals surface area contributed by atoms with Crippen molar-refractivity contribution in [2.24, 2.45) is 0 Å².